The van der Waals surface area contributed by atoms with E-state index in [0.29, 0.717) is 10.6 Å². The summed E-state index contributed by atoms with van der Waals surface area (Å²) in [6.07, 6.45) is 3.17. The van der Waals surface area contributed by atoms with E-state index >= 15 is 0 Å². The van der Waals surface area contributed by atoms with Crippen LogP contribution >= 0.6 is 11.6 Å². The fourth-order valence-corrected chi connectivity index (χ4v) is 1.15. The lowest BCUT2D eigenvalue weighted by atomic mass is 10.1. The quantitative estimate of drug-likeness (QED) is 0.749. The second kappa shape index (κ2) is 4.20. The standard InChI is InChI=1S/C8H10ClN3O/c9-6-1-5(3-12-4-6)7(10)2-8(11)13/h1,3-4,7H,2,10H2,(H2,11,13)/t7-/m1/s1. The molecule has 0 unspecified atom stereocenters. The number of nitrogens with zero attached hydrogens (tertiary/aromatic N) is 1. The monoisotopic (exact) mass is 199 g/mol. The first-order chi connectivity index (χ1) is 6.09. The number of aromatic nitrogens is 1. The Hall–Kier alpha value is -1.13. The lowest BCUT2D eigenvalue weighted by Gasteiger charge is -2.08. The molecule has 0 saturated heterocycles. The molecule has 0 bridgehead atoms. The minimum Gasteiger partial charge on any atom is -0.370 e. The molecule has 0 saturated carbocycles. The molecular weight excluding hydrogens is 190 g/mol. The van der Waals surface area contributed by atoms with Crippen molar-refractivity contribution in [3.63, 3.8) is 0 Å². The molecule has 1 aromatic heterocycles. The van der Waals surface area contributed by atoms with Crippen molar-refractivity contribution in [3.8, 4) is 0 Å². The molecular formula is C8H10ClN3O. The molecule has 1 rings (SSSR count). The molecule has 0 radical (unpaired) electrons. The van der Waals surface area contributed by atoms with Gasteiger partial charge in [0.25, 0.3) is 0 Å². The highest BCUT2D eigenvalue weighted by atomic mass is 35.5. The van der Waals surface area contributed by atoms with Gasteiger partial charge in [-0.15, -0.1) is 0 Å². The van der Waals surface area contributed by atoms with Crippen molar-refractivity contribution in [3.05, 3.63) is 29.0 Å². The summed E-state index contributed by atoms with van der Waals surface area (Å²) >= 11 is 5.69. The molecule has 5 heteroatoms. The zero-order valence-corrected chi connectivity index (χ0v) is 7.66. The van der Waals surface area contributed by atoms with Crippen LogP contribution in [-0.2, 0) is 4.79 Å². The van der Waals surface area contributed by atoms with Gasteiger partial charge in [-0.2, -0.15) is 0 Å². The van der Waals surface area contributed by atoms with Crippen LogP contribution in [0.1, 0.15) is 18.0 Å². The number of carbonyl (C=O) groups excluding carboxylic acids is 1. The van der Waals surface area contributed by atoms with Crippen molar-refractivity contribution >= 4 is 17.5 Å². The van der Waals surface area contributed by atoms with Gasteiger partial charge in [0.05, 0.1) is 5.02 Å². The molecule has 4 N–H and O–H groups in total. The minimum absolute atomic E-state index is 0.0992. The van der Waals surface area contributed by atoms with E-state index in [2.05, 4.69) is 4.98 Å². The van der Waals surface area contributed by atoms with Gasteiger partial charge in [0.2, 0.25) is 5.91 Å². The van der Waals surface area contributed by atoms with E-state index < -0.39 is 11.9 Å². The Morgan fingerprint density at radius 2 is 2.31 bits per heavy atom. The number of hydrogen-bond donors (Lipinski definition) is 2. The summed E-state index contributed by atoms with van der Waals surface area (Å²) in [7, 11) is 0. The Kier molecular flexibility index (Phi) is 3.22. The maximum absolute atomic E-state index is 10.6. The number of rotatable bonds is 3. The summed E-state index contributed by atoms with van der Waals surface area (Å²) in [4.78, 5) is 14.4. The van der Waals surface area contributed by atoms with Gasteiger partial charge in [-0.05, 0) is 11.6 Å². The molecule has 0 spiro atoms. The van der Waals surface area contributed by atoms with Crippen molar-refractivity contribution in [2.45, 2.75) is 12.5 Å². The predicted molar refractivity (Wildman–Crippen MR) is 50.0 cm³/mol. The van der Waals surface area contributed by atoms with Crippen LogP contribution < -0.4 is 11.5 Å². The number of amides is 1. The number of pyridine rings is 1. The fourth-order valence-electron chi connectivity index (χ4n) is 0.966. The van der Waals surface area contributed by atoms with E-state index in [-0.39, 0.29) is 6.42 Å². The molecule has 0 aliphatic heterocycles. The molecule has 0 aromatic carbocycles. The molecule has 0 aliphatic carbocycles. The van der Waals surface area contributed by atoms with E-state index in [4.69, 9.17) is 23.1 Å². The third-order valence-corrected chi connectivity index (χ3v) is 1.78. The van der Waals surface area contributed by atoms with E-state index in [9.17, 15) is 4.79 Å². The van der Waals surface area contributed by atoms with Gasteiger partial charge >= 0.3 is 0 Å². The average Bonchev–Trinajstić information content (AvgIpc) is 2.03. The molecule has 1 atom stereocenters. The summed E-state index contributed by atoms with van der Waals surface area (Å²) in [6, 6.07) is 1.24. The first kappa shape index (κ1) is 9.95. The highest BCUT2D eigenvalue weighted by molar-refractivity contribution is 6.30. The normalized spacial score (nSPS) is 12.5. The second-order valence-corrected chi connectivity index (χ2v) is 3.15. The van der Waals surface area contributed by atoms with E-state index in [1.54, 1.807) is 12.3 Å². The van der Waals surface area contributed by atoms with Crippen LogP contribution in [0, 0.1) is 0 Å². The summed E-state index contributed by atoms with van der Waals surface area (Å²) in [5.41, 5.74) is 11.4. The minimum atomic E-state index is -0.438. The Bertz CT molecular complexity index is 316. The molecule has 0 fully saturated rings. The van der Waals surface area contributed by atoms with E-state index in [1.807, 2.05) is 0 Å². The predicted octanol–water partition coefficient (Wildman–Crippen LogP) is 0.610. The molecule has 13 heavy (non-hydrogen) atoms. The highest BCUT2D eigenvalue weighted by Gasteiger charge is 2.09. The SMILES string of the molecule is NC(=O)C[C@@H](N)c1cncc(Cl)c1. The maximum atomic E-state index is 10.6. The molecule has 0 aliphatic rings. The first-order valence-electron chi connectivity index (χ1n) is 3.74. The average molecular weight is 200 g/mol. The van der Waals surface area contributed by atoms with Gasteiger partial charge in [0.15, 0.2) is 0 Å². The number of nitrogens with two attached hydrogens (primary N) is 2. The van der Waals surface area contributed by atoms with E-state index in [1.165, 1.54) is 6.20 Å². The van der Waals surface area contributed by atoms with E-state index in [0.717, 1.165) is 0 Å². The Balaban J connectivity index is 2.76. The lowest BCUT2D eigenvalue weighted by molar-refractivity contribution is -0.118. The van der Waals surface area contributed by atoms with Crippen molar-refractivity contribution in [2.75, 3.05) is 0 Å². The van der Waals surface area contributed by atoms with Crippen LogP contribution in [0.25, 0.3) is 0 Å². The number of hydrogen-bond acceptors (Lipinski definition) is 3. The van der Waals surface area contributed by atoms with Crippen molar-refractivity contribution in [1.29, 1.82) is 0 Å². The maximum Gasteiger partial charge on any atom is 0.219 e. The van der Waals surface area contributed by atoms with Gasteiger partial charge in [-0.3, -0.25) is 9.78 Å². The third kappa shape index (κ3) is 3.01. The molecule has 1 aromatic rings. The van der Waals surface area contributed by atoms with Crippen molar-refractivity contribution in [2.24, 2.45) is 11.5 Å². The third-order valence-electron chi connectivity index (χ3n) is 1.58. The second-order valence-electron chi connectivity index (χ2n) is 2.71. The van der Waals surface area contributed by atoms with Crippen LogP contribution in [-0.4, -0.2) is 10.9 Å². The molecule has 70 valence electrons. The van der Waals surface area contributed by atoms with Gasteiger partial charge in [0.1, 0.15) is 0 Å². The zero-order valence-electron chi connectivity index (χ0n) is 6.90. The topological polar surface area (TPSA) is 82.0 Å². The largest absolute Gasteiger partial charge is 0.370 e. The van der Waals surface area contributed by atoms with Crippen LogP contribution in [0.3, 0.4) is 0 Å². The summed E-state index contributed by atoms with van der Waals surface area (Å²) in [5, 5.41) is 0.498. The first-order valence-corrected chi connectivity index (χ1v) is 4.11. The Labute approximate surface area is 80.9 Å². The summed E-state index contributed by atoms with van der Waals surface area (Å²) in [6.45, 7) is 0. The van der Waals surface area contributed by atoms with Gasteiger partial charge < -0.3 is 11.5 Å². The van der Waals surface area contributed by atoms with Gasteiger partial charge in [-0.1, -0.05) is 11.6 Å². The highest BCUT2D eigenvalue weighted by Crippen LogP contribution is 2.16. The van der Waals surface area contributed by atoms with Crippen molar-refractivity contribution in [1.82, 2.24) is 4.98 Å². The number of primary amides is 1. The van der Waals surface area contributed by atoms with Crippen LogP contribution in [0.4, 0.5) is 0 Å². The van der Waals surface area contributed by atoms with Crippen molar-refractivity contribution < 1.29 is 4.79 Å². The Morgan fingerprint density at radius 3 is 2.85 bits per heavy atom. The summed E-state index contributed by atoms with van der Waals surface area (Å²) in [5.74, 6) is -0.438. The van der Waals surface area contributed by atoms with Gasteiger partial charge in [-0.25, -0.2) is 0 Å². The molecule has 1 amide bonds. The number of carbonyl (C=O) groups is 1. The molecule has 4 nitrogen and oxygen atoms in total. The number of halogens is 1. The van der Waals surface area contributed by atoms with Gasteiger partial charge in [0, 0.05) is 24.9 Å². The van der Waals surface area contributed by atoms with Crippen LogP contribution in [0.2, 0.25) is 5.02 Å². The van der Waals surface area contributed by atoms with Crippen LogP contribution in [0.15, 0.2) is 18.5 Å². The summed E-state index contributed by atoms with van der Waals surface area (Å²) < 4.78 is 0. The zero-order chi connectivity index (χ0) is 9.84. The van der Waals surface area contributed by atoms with Crippen LogP contribution in [0.5, 0.6) is 0 Å². The Morgan fingerprint density at radius 1 is 1.62 bits per heavy atom. The lowest BCUT2D eigenvalue weighted by Crippen LogP contribution is -2.20. The molecule has 1 heterocycles. The smallest absolute Gasteiger partial charge is 0.219 e. The fraction of sp³-hybridized carbons (Fsp3) is 0.250.